The van der Waals surface area contributed by atoms with Gasteiger partial charge in [-0.3, -0.25) is 9.80 Å². The second kappa shape index (κ2) is 7.09. The summed E-state index contributed by atoms with van der Waals surface area (Å²) in [6.07, 6.45) is 6.10. The van der Waals surface area contributed by atoms with Crippen LogP contribution in [-0.2, 0) is 14.8 Å². The number of hydrazine groups is 1. The fraction of sp³-hybridized carbons (Fsp3) is 0.318. The minimum absolute atomic E-state index is 0.133. The molecule has 0 bridgehead atoms. The molecule has 1 saturated heterocycles. The number of fused-ring (bicyclic) bond motifs is 3. The van der Waals surface area contributed by atoms with Crippen LogP contribution >= 0.6 is 0 Å². The lowest BCUT2D eigenvalue weighted by Gasteiger charge is -2.34. The van der Waals surface area contributed by atoms with E-state index in [0.717, 1.165) is 33.9 Å². The number of hydrogen-bond donors (Lipinski definition) is 0. The lowest BCUT2D eigenvalue weighted by Crippen LogP contribution is -2.42. The van der Waals surface area contributed by atoms with Gasteiger partial charge in [0.05, 0.1) is 16.9 Å². The maximum absolute atomic E-state index is 13.4. The van der Waals surface area contributed by atoms with E-state index in [4.69, 9.17) is 0 Å². The van der Waals surface area contributed by atoms with Crippen molar-refractivity contribution in [2.24, 2.45) is 5.92 Å². The van der Waals surface area contributed by atoms with E-state index in [1.807, 2.05) is 37.3 Å². The van der Waals surface area contributed by atoms with Gasteiger partial charge >= 0.3 is 0 Å². The molecule has 4 rings (SSSR count). The molecular weight excluding hydrogens is 372 g/mol. The van der Waals surface area contributed by atoms with Crippen LogP contribution in [0, 0.1) is 12.8 Å². The number of aryl methyl sites for hydroxylation is 1. The molecule has 146 valence electrons. The summed E-state index contributed by atoms with van der Waals surface area (Å²) in [4.78, 5) is 13.5. The highest BCUT2D eigenvalue weighted by atomic mass is 32.2. The summed E-state index contributed by atoms with van der Waals surface area (Å²) in [5.74, 6) is -0.730. The number of rotatable bonds is 5. The van der Waals surface area contributed by atoms with Gasteiger partial charge in [0.1, 0.15) is 0 Å². The first-order valence-corrected chi connectivity index (χ1v) is 11.1. The molecule has 0 spiro atoms. The highest BCUT2D eigenvalue weighted by molar-refractivity contribution is 7.89. The molecule has 2 aromatic rings. The zero-order valence-corrected chi connectivity index (χ0v) is 16.9. The fourth-order valence-corrected chi connectivity index (χ4v) is 5.50. The molecule has 2 aliphatic heterocycles. The van der Waals surface area contributed by atoms with Crippen LogP contribution in [0.4, 0.5) is 0 Å². The van der Waals surface area contributed by atoms with E-state index in [1.54, 1.807) is 35.5 Å². The van der Waals surface area contributed by atoms with Gasteiger partial charge in [-0.2, -0.15) is 8.42 Å². The first kappa shape index (κ1) is 18.7. The van der Waals surface area contributed by atoms with E-state index in [2.05, 4.69) is 6.92 Å². The molecule has 1 fully saturated rings. The standard InChI is InChI=1S/C22H24N2O3S/c1-3-4-8-20-21-19-9-6-5-7-17(19)14-15-23(21)24(22(20)25)28(26,27)18-12-10-16(2)11-13-18/h5-7,9-15,20-21H,3-4,8H2,1-2H3/t20-,21+/m0/s1. The van der Waals surface area contributed by atoms with Crippen LogP contribution in [0.15, 0.2) is 59.6 Å². The minimum Gasteiger partial charge on any atom is -0.271 e. The van der Waals surface area contributed by atoms with Gasteiger partial charge in [0, 0.05) is 6.20 Å². The number of amides is 1. The Hall–Kier alpha value is -2.60. The van der Waals surface area contributed by atoms with Crippen molar-refractivity contribution in [2.75, 3.05) is 0 Å². The summed E-state index contributed by atoms with van der Waals surface area (Å²) >= 11 is 0. The van der Waals surface area contributed by atoms with E-state index < -0.39 is 10.0 Å². The molecule has 5 nitrogen and oxygen atoms in total. The number of carbonyl (C=O) groups excluding carboxylic acids is 1. The van der Waals surface area contributed by atoms with Crippen LogP contribution in [0.1, 0.15) is 48.9 Å². The zero-order valence-electron chi connectivity index (χ0n) is 16.1. The van der Waals surface area contributed by atoms with Gasteiger partial charge in [0.25, 0.3) is 15.9 Å². The van der Waals surface area contributed by atoms with Gasteiger partial charge in [0.2, 0.25) is 0 Å². The lowest BCUT2D eigenvalue weighted by molar-refractivity contribution is -0.130. The first-order valence-electron chi connectivity index (χ1n) is 9.66. The Labute approximate surface area is 166 Å². The van der Waals surface area contributed by atoms with Gasteiger partial charge in [-0.25, -0.2) is 0 Å². The SMILES string of the molecule is CCCC[C@@H]1C(=O)N(S(=O)(=O)c2ccc(C)cc2)N2C=Cc3ccccc3[C@H]12. The van der Waals surface area contributed by atoms with Gasteiger partial charge in [-0.15, -0.1) is 4.41 Å². The summed E-state index contributed by atoms with van der Waals surface area (Å²) in [5, 5.41) is 1.61. The molecular formula is C22H24N2O3S. The van der Waals surface area contributed by atoms with Gasteiger partial charge < -0.3 is 0 Å². The smallest absolute Gasteiger partial charge is 0.271 e. The Balaban J connectivity index is 1.81. The van der Waals surface area contributed by atoms with E-state index in [1.165, 1.54) is 0 Å². The minimum atomic E-state index is -3.98. The molecule has 0 aliphatic carbocycles. The van der Waals surface area contributed by atoms with Crippen LogP contribution in [0.5, 0.6) is 0 Å². The number of nitrogens with zero attached hydrogens (tertiary/aromatic N) is 2. The maximum Gasteiger partial charge on any atom is 0.284 e. The highest BCUT2D eigenvalue weighted by Gasteiger charge is 2.52. The zero-order chi connectivity index (χ0) is 19.9. The Morgan fingerprint density at radius 3 is 2.46 bits per heavy atom. The Morgan fingerprint density at radius 2 is 1.75 bits per heavy atom. The van der Waals surface area contributed by atoms with Crippen LogP contribution in [0.2, 0.25) is 0 Å². The van der Waals surface area contributed by atoms with E-state index in [-0.39, 0.29) is 22.8 Å². The molecule has 0 aromatic heterocycles. The monoisotopic (exact) mass is 396 g/mol. The van der Waals surface area contributed by atoms with Crippen LogP contribution in [0.25, 0.3) is 6.08 Å². The van der Waals surface area contributed by atoms with E-state index in [0.29, 0.717) is 6.42 Å². The van der Waals surface area contributed by atoms with Crippen molar-refractivity contribution in [3.05, 3.63) is 71.4 Å². The van der Waals surface area contributed by atoms with E-state index >= 15 is 0 Å². The Morgan fingerprint density at radius 1 is 1.04 bits per heavy atom. The number of unbranched alkanes of at least 4 members (excludes halogenated alkanes) is 1. The third-order valence-electron chi connectivity index (χ3n) is 5.52. The molecule has 2 atom stereocenters. The lowest BCUT2D eigenvalue weighted by atomic mass is 9.86. The van der Waals surface area contributed by atoms with Crippen LogP contribution in [0.3, 0.4) is 0 Å². The van der Waals surface area contributed by atoms with Crippen molar-refractivity contribution in [3.63, 3.8) is 0 Å². The quantitative estimate of drug-likeness (QED) is 0.757. The van der Waals surface area contributed by atoms with Crippen molar-refractivity contribution >= 4 is 22.0 Å². The van der Waals surface area contributed by atoms with Crippen molar-refractivity contribution in [1.82, 2.24) is 9.42 Å². The molecule has 6 heteroatoms. The van der Waals surface area contributed by atoms with Crippen molar-refractivity contribution in [1.29, 1.82) is 0 Å². The molecule has 0 N–H and O–H groups in total. The topological polar surface area (TPSA) is 57.7 Å². The molecule has 2 aromatic carbocycles. The molecule has 28 heavy (non-hydrogen) atoms. The molecule has 2 aliphatic rings. The predicted octanol–water partition coefficient (Wildman–Crippen LogP) is 4.27. The summed E-state index contributed by atoms with van der Waals surface area (Å²) in [6, 6.07) is 14.2. The fourth-order valence-electron chi connectivity index (χ4n) is 4.05. The number of benzene rings is 2. The second-order valence-corrected chi connectivity index (χ2v) is 9.18. The summed E-state index contributed by atoms with van der Waals surface area (Å²) in [7, 11) is -3.98. The van der Waals surface area contributed by atoms with Crippen LogP contribution in [-0.4, -0.2) is 23.7 Å². The Bertz CT molecular complexity index is 1030. The van der Waals surface area contributed by atoms with Gasteiger partial charge in [0.15, 0.2) is 0 Å². The molecule has 2 heterocycles. The molecule has 0 unspecified atom stereocenters. The van der Waals surface area contributed by atoms with E-state index in [9.17, 15) is 13.2 Å². The highest BCUT2D eigenvalue weighted by Crippen LogP contribution is 2.46. The summed E-state index contributed by atoms with van der Waals surface area (Å²) in [5.41, 5.74) is 3.01. The Kier molecular flexibility index (Phi) is 4.75. The van der Waals surface area contributed by atoms with Crippen molar-refractivity contribution in [2.45, 2.75) is 44.0 Å². The second-order valence-electron chi connectivity index (χ2n) is 7.42. The van der Waals surface area contributed by atoms with Gasteiger partial charge in [-0.05, 0) is 42.7 Å². The average molecular weight is 397 g/mol. The third-order valence-corrected chi connectivity index (χ3v) is 7.21. The van der Waals surface area contributed by atoms with Crippen molar-refractivity contribution < 1.29 is 13.2 Å². The average Bonchev–Trinajstić information content (AvgIpc) is 2.99. The third kappa shape index (κ3) is 2.92. The predicted molar refractivity (Wildman–Crippen MR) is 108 cm³/mol. The normalized spacial score (nSPS) is 21.0. The van der Waals surface area contributed by atoms with Gasteiger partial charge in [-0.1, -0.05) is 61.7 Å². The number of hydrogen-bond acceptors (Lipinski definition) is 4. The van der Waals surface area contributed by atoms with Crippen molar-refractivity contribution in [3.8, 4) is 0 Å². The number of carbonyl (C=O) groups is 1. The molecule has 0 saturated carbocycles. The summed E-state index contributed by atoms with van der Waals surface area (Å²) < 4.78 is 27.7. The number of sulfonamides is 1. The molecule has 1 amide bonds. The largest absolute Gasteiger partial charge is 0.284 e. The molecule has 0 radical (unpaired) electrons. The maximum atomic E-state index is 13.4. The first-order chi connectivity index (χ1) is 13.4. The summed E-state index contributed by atoms with van der Waals surface area (Å²) in [6.45, 7) is 3.98. The van der Waals surface area contributed by atoms with Crippen LogP contribution < -0.4 is 0 Å².